The summed E-state index contributed by atoms with van der Waals surface area (Å²) in [6.07, 6.45) is 0.838. The molecular formula is C28H32N2O5. The lowest BCUT2D eigenvalue weighted by Crippen LogP contribution is -2.15. The number of carbonyl (C=O) groups is 2. The van der Waals surface area contributed by atoms with E-state index in [9.17, 15) is 9.59 Å². The molecule has 0 aliphatic rings. The maximum atomic E-state index is 12.6. The monoisotopic (exact) mass is 476 g/mol. The maximum absolute atomic E-state index is 12.6. The molecule has 3 aromatic carbocycles. The Morgan fingerprint density at radius 1 is 0.829 bits per heavy atom. The Labute approximate surface area is 206 Å². The van der Waals surface area contributed by atoms with Crippen LogP contribution in [0.3, 0.4) is 0 Å². The van der Waals surface area contributed by atoms with Crippen LogP contribution < -0.4 is 24.8 Å². The van der Waals surface area contributed by atoms with Crippen LogP contribution in [0.5, 0.6) is 17.2 Å². The molecule has 0 unspecified atom stereocenters. The molecule has 0 bridgehead atoms. The van der Waals surface area contributed by atoms with Crippen molar-refractivity contribution < 1.29 is 23.8 Å². The van der Waals surface area contributed by atoms with Gasteiger partial charge in [-0.25, -0.2) is 0 Å². The molecular weight excluding hydrogens is 444 g/mol. The van der Waals surface area contributed by atoms with E-state index >= 15 is 0 Å². The molecule has 0 aliphatic carbocycles. The Morgan fingerprint density at radius 3 is 2.00 bits per heavy atom. The predicted molar refractivity (Wildman–Crippen MR) is 138 cm³/mol. The number of carbonyl (C=O) groups excluding carboxylic acids is 2. The van der Waals surface area contributed by atoms with E-state index in [1.165, 1.54) is 19.8 Å². The Morgan fingerprint density at radius 2 is 1.43 bits per heavy atom. The molecule has 184 valence electrons. The third-order valence-electron chi connectivity index (χ3n) is 5.44. The van der Waals surface area contributed by atoms with E-state index < -0.39 is 0 Å². The van der Waals surface area contributed by atoms with Crippen LogP contribution in [-0.4, -0.2) is 32.6 Å². The highest BCUT2D eigenvalue weighted by molar-refractivity contribution is 6.05. The van der Waals surface area contributed by atoms with Crippen molar-refractivity contribution in [2.75, 3.05) is 31.5 Å². The molecule has 2 amide bonds. The summed E-state index contributed by atoms with van der Waals surface area (Å²) in [5.74, 6) is 1.61. The summed E-state index contributed by atoms with van der Waals surface area (Å²) in [5, 5.41) is 5.68. The number of rotatable bonds is 11. The van der Waals surface area contributed by atoms with E-state index in [0.717, 1.165) is 5.75 Å². The number of hydrogen-bond acceptors (Lipinski definition) is 5. The standard InChI is InChI=1S/C28H32N2O5/c1-19(2)20-12-14-22(15-13-20)35-16-8-11-27(31)29-23-17-26(34-4)24(18-25(23)33-3)30-28(32)21-9-6-5-7-10-21/h5-7,9-10,12-15,17-19H,8,11,16H2,1-4H3,(H,29,31)(H,30,32). The van der Waals surface area contributed by atoms with E-state index in [-0.39, 0.29) is 18.2 Å². The SMILES string of the molecule is COc1cc(NC(=O)c2ccccc2)c(OC)cc1NC(=O)CCCOc1ccc(C(C)C)cc1. The smallest absolute Gasteiger partial charge is 0.255 e. The fourth-order valence-electron chi connectivity index (χ4n) is 3.46. The average molecular weight is 477 g/mol. The Kier molecular flexibility index (Phi) is 9.12. The Bertz CT molecular complexity index is 1130. The maximum Gasteiger partial charge on any atom is 0.255 e. The number of ether oxygens (including phenoxy) is 3. The molecule has 7 heteroatoms. The number of nitrogens with one attached hydrogen (secondary N) is 2. The number of methoxy groups -OCH3 is 2. The minimum absolute atomic E-state index is 0.176. The van der Waals surface area contributed by atoms with Crippen LogP contribution >= 0.6 is 0 Å². The lowest BCUT2D eigenvalue weighted by Gasteiger charge is -2.16. The topological polar surface area (TPSA) is 85.9 Å². The van der Waals surface area contributed by atoms with Gasteiger partial charge in [-0.1, -0.05) is 44.2 Å². The first-order valence-electron chi connectivity index (χ1n) is 11.6. The largest absolute Gasteiger partial charge is 0.494 e. The Hall–Kier alpha value is -4.00. The summed E-state index contributed by atoms with van der Waals surface area (Å²) < 4.78 is 16.6. The van der Waals surface area contributed by atoms with Crippen LogP contribution in [0.4, 0.5) is 11.4 Å². The molecule has 0 saturated heterocycles. The number of benzene rings is 3. The summed E-state index contributed by atoms with van der Waals surface area (Å²) >= 11 is 0. The zero-order valence-corrected chi connectivity index (χ0v) is 20.6. The number of amides is 2. The summed E-state index contributed by atoms with van der Waals surface area (Å²) in [6.45, 7) is 4.72. The molecule has 0 spiro atoms. The molecule has 3 aromatic rings. The van der Waals surface area contributed by atoms with Crippen molar-refractivity contribution in [1.82, 2.24) is 0 Å². The molecule has 0 saturated carbocycles. The van der Waals surface area contributed by atoms with E-state index in [1.54, 1.807) is 36.4 Å². The third kappa shape index (κ3) is 7.24. The van der Waals surface area contributed by atoms with Crippen molar-refractivity contribution >= 4 is 23.2 Å². The summed E-state index contributed by atoms with van der Waals surface area (Å²) in [7, 11) is 3.00. The fraction of sp³-hybridized carbons (Fsp3) is 0.286. The number of anilines is 2. The van der Waals surface area contributed by atoms with Gasteiger partial charge in [-0.3, -0.25) is 9.59 Å². The van der Waals surface area contributed by atoms with Crippen LogP contribution in [0.2, 0.25) is 0 Å². The quantitative estimate of drug-likeness (QED) is 0.338. The van der Waals surface area contributed by atoms with Gasteiger partial charge in [0, 0.05) is 24.1 Å². The average Bonchev–Trinajstić information content (AvgIpc) is 2.87. The first-order chi connectivity index (χ1) is 16.9. The molecule has 0 radical (unpaired) electrons. The van der Waals surface area contributed by atoms with Gasteiger partial charge in [-0.2, -0.15) is 0 Å². The van der Waals surface area contributed by atoms with Crippen molar-refractivity contribution in [1.29, 1.82) is 0 Å². The zero-order valence-electron chi connectivity index (χ0n) is 20.6. The van der Waals surface area contributed by atoms with Crippen molar-refractivity contribution in [3.8, 4) is 17.2 Å². The van der Waals surface area contributed by atoms with Crippen molar-refractivity contribution in [3.63, 3.8) is 0 Å². The molecule has 0 fully saturated rings. The van der Waals surface area contributed by atoms with E-state index in [0.29, 0.717) is 47.4 Å². The molecule has 0 atom stereocenters. The third-order valence-corrected chi connectivity index (χ3v) is 5.44. The molecule has 0 aliphatic heterocycles. The van der Waals surface area contributed by atoms with Gasteiger partial charge in [0.2, 0.25) is 5.91 Å². The minimum Gasteiger partial charge on any atom is -0.494 e. The Balaban J connectivity index is 1.57. The van der Waals surface area contributed by atoms with Gasteiger partial charge in [0.15, 0.2) is 0 Å². The summed E-state index contributed by atoms with van der Waals surface area (Å²) in [6, 6.07) is 20.1. The zero-order chi connectivity index (χ0) is 25.2. The van der Waals surface area contributed by atoms with Crippen LogP contribution in [0, 0.1) is 0 Å². The lowest BCUT2D eigenvalue weighted by atomic mass is 10.0. The van der Waals surface area contributed by atoms with Gasteiger partial charge in [-0.15, -0.1) is 0 Å². The number of hydrogen-bond donors (Lipinski definition) is 2. The van der Waals surface area contributed by atoms with Crippen molar-refractivity contribution in [3.05, 3.63) is 77.9 Å². The predicted octanol–water partition coefficient (Wildman–Crippen LogP) is 5.88. The summed E-state index contributed by atoms with van der Waals surface area (Å²) in [4.78, 5) is 25.1. The molecule has 7 nitrogen and oxygen atoms in total. The molecule has 35 heavy (non-hydrogen) atoms. The fourth-order valence-corrected chi connectivity index (χ4v) is 3.46. The second-order valence-electron chi connectivity index (χ2n) is 8.30. The van der Waals surface area contributed by atoms with Gasteiger partial charge < -0.3 is 24.8 Å². The highest BCUT2D eigenvalue weighted by Crippen LogP contribution is 2.36. The first-order valence-corrected chi connectivity index (χ1v) is 11.6. The molecule has 2 N–H and O–H groups in total. The van der Waals surface area contributed by atoms with Crippen LogP contribution in [0.1, 0.15) is 48.5 Å². The molecule has 0 heterocycles. The van der Waals surface area contributed by atoms with Crippen molar-refractivity contribution in [2.24, 2.45) is 0 Å². The second kappa shape index (κ2) is 12.5. The van der Waals surface area contributed by atoms with Gasteiger partial charge in [-0.05, 0) is 42.2 Å². The van der Waals surface area contributed by atoms with Gasteiger partial charge in [0.25, 0.3) is 5.91 Å². The van der Waals surface area contributed by atoms with E-state index in [4.69, 9.17) is 14.2 Å². The van der Waals surface area contributed by atoms with Gasteiger partial charge in [0.05, 0.1) is 32.2 Å². The highest BCUT2D eigenvalue weighted by atomic mass is 16.5. The van der Waals surface area contributed by atoms with Crippen molar-refractivity contribution in [2.45, 2.75) is 32.6 Å². The van der Waals surface area contributed by atoms with Gasteiger partial charge >= 0.3 is 0 Å². The van der Waals surface area contributed by atoms with Crippen LogP contribution in [-0.2, 0) is 4.79 Å². The first kappa shape index (κ1) is 25.6. The van der Waals surface area contributed by atoms with E-state index in [1.807, 2.05) is 18.2 Å². The second-order valence-corrected chi connectivity index (χ2v) is 8.30. The van der Waals surface area contributed by atoms with E-state index in [2.05, 4.69) is 36.6 Å². The normalized spacial score (nSPS) is 10.5. The lowest BCUT2D eigenvalue weighted by molar-refractivity contribution is -0.116. The summed E-state index contributed by atoms with van der Waals surface area (Å²) in [5.41, 5.74) is 2.67. The molecule has 3 rings (SSSR count). The van der Waals surface area contributed by atoms with Crippen LogP contribution in [0.25, 0.3) is 0 Å². The van der Waals surface area contributed by atoms with Gasteiger partial charge in [0.1, 0.15) is 17.2 Å². The highest BCUT2D eigenvalue weighted by Gasteiger charge is 2.16. The van der Waals surface area contributed by atoms with Crippen LogP contribution in [0.15, 0.2) is 66.7 Å². The molecule has 0 aromatic heterocycles. The minimum atomic E-state index is -0.276.